The Morgan fingerprint density at radius 1 is 1.00 bits per heavy atom. The minimum Gasteiger partial charge on any atom is -0.354 e. The minimum absolute atomic E-state index is 0.426. The van der Waals surface area contributed by atoms with Crippen molar-refractivity contribution >= 4 is 17.8 Å². The molecular weight excluding hydrogens is 266 g/mol. The van der Waals surface area contributed by atoms with Crippen LogP contribution >= 0.6 is 0 Å². The SMILES string of the molecule is NNc1nc(NCCC2CCCC2)nc(N2CCCC2)n1. The maximum Gasteiger partial charge on any atom is 0.243 e. The first-order valence-corrected chi connectivity index (χ1v) is 8.06. The number of nitrogens with one attached hydrogen (secondary N) is 2. The van der Waals surface area contributed by atoms with Crippen molar-refractivity contribution in [1.82, 2.24) is 15.0 Å². The molecule has 7 nitrogen and oxygen atoms in total. The average molecular weight is 291 g/mol. The van der Waals surface area contributed by atoms with Gasteiger partial charge in [-0.1, -0.05) is 25.7 Å². The summed E-state index contributed by atoms with van der Waals surface area (Å²) < 4.78 is 0. The van der Waals surface area contributed by atoms with Gasteiger partial charge >= 0.3 is 0 Å². The van der Waals surface area contributed by atoms with Crippen LogP contribution < -0.4 is 21.5 Å². The minimum atomic E-state index is 0.426. The van der Waals surface area contributed by atoms with E-state index in [4.69, 9.17) is 5.84 Å². The Kier molecular flexibility index (Phi) is 4.69. The molecule has 1 aliphatic carbocycles. The Hall–Kier alpha value is -1.63. The van der Waals surface area contributed by atoms with E-state index in [9.17, 15) is 0 Å². The molecule has 1 aromatic rings. The highest BCUT2D eigenvalue weighted by Gasteiger charge is 2.18. The van der Waals surface area contributed by atoms with Crippen LogP contribution in [0.4, 0.5) is 17.8 Å². The normalized spacial score (nSPS) is 19.2. The zero-order valence-corrected chi connectivity index (χ0v) is 12.5. The highest BCUT2D eigenvalue weighted by atomic mass is 15.4. The van der Waals surface area contributed by atoms with Gasteiger partial charge in [-0.3, -0.25) is 5.43 Å². The Bertz CT molecular complexity index is 453. The van der Waals surface area contributed by atoms with Crippen molar-refractivity contribution < 1.29 is 0 Å². The fourth-order valence-electron chi connectivity index (χ4n) is 3.25. The predicted octanol–water partition coefficient (Wildman–Crippen LogP) is 1.75. The highest BCUT2D eigenvalue weighted by Crippen LogP contribution is 2.27. The Morgan fingerprint density at radius 2 is 1.71 bits per heavy atom. The zero-order valence-electron chi connectivity index (χ0n) is 12.5. The zero-order chi connectivity index (χ0) is 14.5. The van der Waals surface area contributed by atoms with E-state index < -0.39 is 0 Å². The molecule has 1 aliphatic heterocycles. The van der Waals surface area contributed by atoms with Crippen molar-refractivity contribution in [1.29, 1.82) is 0 Å². The van der Waals surface area contributed by atoms with Gasteiger partial charge in [-0.25, -0.2) is 5.84 Å². The molecule has 1 saturated carbocycles. The Morgan fingerprint density at radius 3 is 2.43 bits per heavy atom. The third-order valence-corrected chi connectivity index (χ3v) is 4.45. The standard InChI is InChI=1S/C14H25N7/c15-20-13-17-12(16-8-7-11-5-1-2-6-11)18-14(19-13)21-9-3-4-10-21/h11H,1-10,15H2,(H2,16,17,18,19,20). The number of hydrogen-bond donors (Lipinski definition) is 3. The van der Waals surface area contributed by atoms with Crippen molar-refractivity contribution in [2.24, 2.45) is 11.8 Å². The van der Waals surface area contributed by atoms with Crippen molar-refractivity contribution in [3.05, 3.63) is 0 Å². The van der Waals surface area contributed by atoms with Crippen LogP contribution in [-0.2, 0) is 0 Å². The molecule has 0 radical (unpaired) electrons. The fourth-order valence-corrected chi connectivity index (χ4v) is 3.25. The second kappa shape index (κ2) is 6.89. The van der Waals surface area contributed by atoms with Crippen molar-refractivity contribution in [2.75, 3.05) is 35.3 Å². The fraction of sp³-hybridized carbons (Fsp3) is 0.786. The van der Waals surface area contributed by atoms with Crippen LogP contribution in [0.25, 0.3) is 0 Å². The van der Waals surface area contributed by atoms with E-state index >= 15 is 0 Å². The molecule has 1 aromatic heterocycles. The lowest BCUT2D eigenvalue weighted by Gasteiger charge is -2.17. The third-order valence-electron chi connectivity index (χ3n) is 4.45. The Balaban J connectivity index is 1.61. The van der Waals surface area contributed by atoms with Gasteiger partial charge in [0, 0.05) is 19.6 Å². The lowest BCUT2D eigenvalue weighted by molar-refractivity contribution is 0.518. The topological polar surface area (TPSA) is 92.0 Å². The van der Waals surface area contributed by atoms with E-state index in [1.54, 1.807) is 0 Å². The van der Waals surface area contributed by atoms with E-state index in [0.29, 0.717) is 11.9 Å². The van der Waals surface area contributed by atoms with Gasteiger partial charge in [-0.2, -0.15) is 15.0 Å². The molecule has 4 N–H and O–H groups in total. The monoisotopic (exact) mass is 291 g/mol. The molecule has 0 aromatic carbocycles. The number of nitrogens with zero attached hydrogens (tertiary/aromatic N) is 4. The van der Waals surface area contributed by atoms with Gasteiger partial charge in [-0.15, -0.1) is 0 Å². The summed E-state index contributed by atoms with van der Waals surface area (Å²) in [6.45, 7) is 2.93. The second-order valence-corrected chi connectivity index (χ2v) is 5.99. The van der Waals surface area contributed by atoms with Gasteiger partial charge in [0.25, 0.3) is 0 Å². The lowest BCUT2D eigenvalue weighted by Crippen LogP contribution is -2.23. The summed E-state index contributed by atoms with van der Waals surface area (Å²) in [6.07, 6.45) is 9.09. The molecule has 2 heterocycles. The van der Waals surface area contributed by atoms with Crippen LogP contribution in [0, 0.1) is 5.92 Å². The van der Waals surface area contributed by atoms with E-state index in [1.165, 1.54) is 44.9 Å². The van der Waals surface area contributed by atoms with Crippen LogP contribution in [0.1, 0.15) is 44.9 Å². The first-order valence-electron chi connectivity index (χ1n) is 8.06. The van der Waals surface area contributed by atoms with E-state index in [1.807, 2.05) is 0 Å². The number of nitrogens with two attached hydrogens (primary N) is 1. The summed E-state index contributed by atoms with van der Waals surface area (Å²) in [6, 6.07) is 0. The van der Waals surface area contributed by atoms with Gasteiger partial charge in [0.1, 0.15) is 0 Å². The van der Waals surface area contributed by atoms with E-state index in [0.717, 1.165) is 31.5 Å². The molecule has 1 saturated heterocycles. The maximum absolute atomic E-state index is 5.47. The number of anilines is 3. The van der Waals surface area contributed by atoms with Crippen LogP contribution in [-0.4, -0.2) is 34.6 Å². The maximum atomic E-state index is 5.47. The third kappa shape index (κ3) is 3.72. The van der Waals surface area contributed by atoms with Crippen LogP contribution in [0.5, 0.6) is 0 Å². The molecule has 0 spiro atoms. The quantitative estimate of drug-likeness (QED) is 0.543. The summed E-state index contributed by atoms with van der Waals surface area (Å²) in [4.78, 5) is 15.3. The lowest BCUT2D eigenvalue weighted by atomic mass is 10.0. The summed E-state index contributed by atoms with van der Waals surface area (Å²) in [5.41, 5.74) is 2.53. The summed E-state index contributed by atoms with van der Waals surface area (Å²) in [7, 11) is 0. The number of aromatic nitrogens is 3. The largest absolute Gasteiger partial charge is 0.354 e. The predicted molar refractivity (Wildman–Crippen MR) is 84.1 cm³/mol. The summed E-state index contributed by atoms with van der Waals surface area (Å²) >= 11 is 0. The van der Waals surface area contributed by atoms with E-state index in [-0.39, 0.29) is 0 Å². The molecule has 0 unspecified atom stereocenters. The molecule has 0 atom stereocenters. The molecule has 2 fully saturated rings. The van der Waals surface area contributed by atoms with Gasteiger partial charge < -0.3 is 10.2 Å². The van der Waals surface area contributed by atoms with Gasteiger partial charge in [0.05, 0.1) is 0 Å². The summed E-state index contributed by atoms with van der Waals surface area (Å²) in [5.74, 6) is 8.10. The van der Waals surface area contributed by atoms with Gasteiger partial charge in [0.2, 0.25) is 17.8 Å². The smallest absolute Gasteiger partial charge is 0.243 e. The molecular formula is C14H25N7. The number of hydrazine groups is 1. The van der Waals surface area contributed by atoms with Crippen LogP contribution in [0.15, 0.2) is 0 Å². The second-order valence-electron chi connectivity index (χ2n) is 5.99. The van der Waals surface area contributed by atoms with Crippen LogP contribution in [0.2, 0.25) is 0 Å². The molecule has 3 rings (SSSR count). The molecule has 21 heavy (non-hydrogen) atoms. The first kappa shape index (κ1) is 14.3. The molecule has 116 valence electrons. The summed E-state index contributed by atoms with van der Waals surface area (Å²) in [5, 5.41) is 3.33. The van der Waals surface area contributed by atoms with Gasteiger partial charge in [0.15, 0.2) is 0 Å². The highest BCUT2D eigenvalue weighted by molar-refractivity contribution is 5.43. The molecule has 7 heteroatoms. The number of hydrogen-bond acceptors (Lipinski definition) is 7. The number of rotatable bonds is 6. The Labute approximate surface area is 125 Å². The average Bonchev–Trinajstić information content (AvgIpc) is 3.20. The number of nitrogen functional groups attached to an aromatic ring is 1. The van der Waals surface area contributed by atoms with Gasteiger partial charge in [-0.05, 0) is 25.2 Å². The van der Waals surface area contributed by atoms with Crippen LogP contribution in [0.3, 0.4) is 0 Å². The first-order chi connectivity index (χ1) is 10.3. The van der Waals surface area contributed by atoms with Crippen molar-refractivity contribution in [2.45, 2.75) is 44.9 Å². The molecule has 0 bridgehead atoms. The van der Waals surface area contributed by atoms with Crippen molar-refractivity contribution in [3.8, 4) is 0 Å². The van der Waals surface area contributed by atoms with E-state index in [2.05, 4.69) is 30.6 Å². The van der Waals surface area contributed by atoms with Crippen molar-refractivity contribution in [3.63, 3.8) is 0 Å². The molecule has 0 amide bonds. The molecule has 2 aliphatic rings.